The number of aromatic nitrogens is 5. The van der Waals surface area contributed by atoms with Crippen molar-refractivity contribution in [1.82, 2.24) is 45.0 Å². The van der Waals surface area contributed by atoms with Gasteiger partial charge < -0.3 is 20.4 Å². The molecule has 4 fully saturated rings. The van der Waals surface area contributed by atoms with Crippen molar-refractivity contribution in [3.05, 3.63) is 88.3 Å². The van der Waals surface area contributed by atoms with Gasteiger partial charge in [-0.25, -0.2) is 36.8 Å². The lowest BCUT2D eigenvalue weighted by Crippen LogP contribution is -2.70. The van der Waals surface area contributed by atoms with Crippen LogP contribution in [0, 0.1) is 11.2 Å². The van der Waals surface area contributed by atoms with E-state index in [9.17, 15) is 23.6 Å². The molecule has 0 radical (unpaired) electrons. The first kappa shape index (κ1) is 40.6. The minimum atomic E-state index is -3.24. The Labute approximate surface area is 361 Å². The smallest absolute Gasteiger partial charge is 0.328 e. The van der Waals surface area contributed by atoms with Crippen molar-refractivity contribution < 1.29 is 36.7 Å². The number of nitrogens with zero attached hydrogens (tertiary/aromatic N) is 9. The molecule has 1 saturated carbocycles. The van der Waals surface area contributed by atoms with Crippen molar-refractivity contribution in [3.63, 3.8) is 0 Å². The van der Waals surface area contributed by atoms with Crippen LogP contribution in [0.2, 0.25) is 5.02 Å². The Bertz CT molecular complexity index is 2750. The van der Waals surface area contributed by atoms with Gasteiger partial charge in [0, 0.05) is 88.9 Å². The number of carbonyl (C=O) groups is 4. The number of rotatable bonds is 9. The summed E-state index contributed by atoms with van der Waals surface area (Å²) in [4.78, 5) is 69.5. The van der Waals surface area contributed by atoms with E-state index in [0.717, 1.165) is 16.2 Å². The Morgan fingerprint density at radius 3 is 2.49 bits per heavy atom. The topological polar surface area (TPSA) is 173 Å². The first-order valence-electron chi connectivity index (χ1n) is 20.4. The molecule has 4 aliphatic heterocycles. The fourth-order valence-electron chi connectivity index (χ4n) is 9.11. The lowest BCUT2D eigenvalue weighted by molar-refractivity contribution is -0.220. The molecule has 326 valence electrons. The molecule has 1 aliphatic carbocycles. The van der Waals surface area contributed by atoms with Gasteiger partial charge in [0.2, 0.25) is 5.91 Å². The summed E-state index contributed by atoms with van der Waals surface area (Å²) in [5.74, 6) is -4.94. The third-order valence-electron chi connectivity index (χ3n) is 12.6. The number of anilines is 4. The van der Waals surface area contributed by atoms with Gasteiger partial charge in [-0.2, -0.15) is 0 Å². The molecule has 1 aromatic carbocycles. The van der Waals surface area contributed by atoms with Gasteiger partial charge in [-0.15, -0.1) is 5.10 Å². The largest absolute Gasteiger partial charge is 0.385 e. The minimum Gasteiger partial charge on any atom is -0.385 e. The van der Waals surface area contributed by atoms with Crippen LogP contribution in [0.4, 0.5) is 45.2 Å². The number of amides is 5. The molecule has 8 heterocycles. The molecule has 0 bridgehead atoms. The third kappa shape index (κ3) is 7.04. The second-order valence-electron chi connectivity index (χ2n) is 16.6. The normalized spacial score (nSPS) is 21.3. The minimum absolute atomic E-state index is 0.0266. The molecule has 5 amide bonds. The number of hydrogen-bond acceptors (Lipinski definition) is 11. The maximum absolute atomic E-state index is 16.0. The highest BCUT2D eigenvalue weighted by Gasteiger charge is 2.63. The summed E-state index contributed by atoms with van der Waals surface area (Å²) in [6, 6.07) is 8.74. The molecule has 10 rings (SSSR count). The summed E-state index contributed by atoms with van der Waals surface area (Å²) in [7, 11) is 1.73. The van der Waals surface area contributed by atoms with E-state index in [0.29, 0.717) is 41.2 Å². The van der Waals surface area contributed by atoms with Crippen LogP contribution in [0.3, 0.4) is 0 Å². The zero-order valence-corrected chi connectivity index (χ0v) is 34.4. The highest BCUT2D eigenvalue weighted by molar-refractivity contribution is 6.34. The summed E-state index contributed by atoms with van der Waals surface area (Å²) >= 11 is 6.27. The van der Waals surface area contributed by atoms with Crippen LogP contribution in [0.25, 0.3) is 16.9 Å². The first-order valence-corrected chi connectivity index (χ1v) is 20.8. The van der Waals surface area contributed by atoms with E-state index in [2.05, 4.69) is 30.9 Å². The van der Waals surface area contributed by atoms with Crippen LogP contribution >= 0.6 is 11.6 Å². The van der Waals surface area contributed by atoms with E-state index < -0.39 is 59.7 Å². The number of imidazole rings is 1. The summed E-state index contributed by atoms with van der Waals surface area (Å²) in [6.45, 7) is 0.0399. The number of imide groups is 1. The van der Waals surface area contributed by atoms with Crippen LogP contribution in [0.15, 0.2) is 55.0 Å². The summed E-state index contributed by atoms with van der Waals surface area (Å²) in [5.41, 5.74) is 2.73. The number of likely N-dealkylation sites (tertiary alicyclic amines) is 2. The number of alkyl halides is 3. The lowest BCUT2D eigenvalue weighted by Gasteiger charge is -2.57. The van der Waals surface area contributed by atoms with Gasteiger partial charge in [0.15, 0.2) is 17.2 Å². The van der Waals surface area contributed by atoms with Crippen LogP contribution in [-0.2, 0) is 17.8 Å². The Balaban J connectivity index is 0.804. The lowest BCUT2D eigenvalue weighted by atomic mass is 9.69. The Kier molecular flexibility index (Phi) is 9.77. The highest BCUT2D eigenvalue weighted by atomic mass is 35.5. The molecule has 21 heteroatoms. The number of piperidine rings is 1. The monoisotopic (exact) mass is 886 g/mol. The van der Waals surface area contributed by atoms with Crippen LogP contribution in [0.1, 0.15) is 51.4 Å². The van der Waals surface area contributed by atoms with Crippen molar-refractivity contribution in [2.24, 2.45) is 5.41 Å². The first-order chi connectivity index (χ1) is 30.2. The molecule has 4 aromatic heterocycles. The van der Waals surface area contributed by atoms with Gasteiger partial charge in [0.25, 0.3) is 17.7 Å². The molecular formula is C42H39ClF4N12O4. The van der Waals surface area contributed by atoms with Crippen LogP contribution in [-0.4, -0.2) is 123 Å². The van der Waals surface area contributed by atoms with Crippen molar-refractivity contribution in [3.8, 4) is 11.3 Å². The average Bonchev–Trinajstić information content (AvgIpc) is 3.56. The van der Waals surface area contributed by atoms with Gasteiger partial charge in [0.05, 0.1) is 40.6 Å². The number of urea groups is 1. The van der Waals surface area contributed by atoms with E-state index in [1.807, 2.05) is 21.9 Å². The van der Waals surface area contributed by atoms with Gasteiger partial charge in [0.1, 0.15) is 23.4 Å². The zero-order valence-electron chi connectivity index (χ0n) is 33.7. The van der Waals surface area contributed by atoms with Crippen LogP contribution in [0.5, 0.6) is 0 Å². The molecule has 3 N–H and O–H groups in total. The van der Waals surface area contributed by atoms with Crippen molar-refractivity contribution in [2.75, 3.05) is 61.4 Å². The third-order valence-corrected chi connectivity index (χ3v) is 12.9. The quantitative estimate of drug-likeness (QED) is 0.171. The maximum atomic E-state index is 16.0. The molecule has 5 aromatic rings. The number of pyridine rings is 2. The number of benzene rings is 1. The van der Waals surface area contributed by atoms with Crippen molar-refractivity contribution in [1.29, 1.82) is 0 Å². The van der Waals surface area contributed by atoms with E-state index >= 15 is 13.2 Å². The molecule has 0 unspecified atom stereocenters. The predicted molar refractivity (Wildman–Crippen MR) is 222 cm³/mol. The maximum Gasteiger partial charge on any atom is 0.328 e. The number of halogens is 5. The zero-order chi connectivity index (χ0) is 43.9. The van der Waals surface area contributed by atoms with E-state index in [1.165, 1.54) is 33.9 Å². The molecule has 63 heavy (non-hydrogen) atoms. The van der Waals surface area contributed by atoms with Crippen LogP contribution < -0.4 is 25.8 Å². The van der Waals surface area contributed by atoms with Crippen molar-refractivity contribution >= 4 is 63.9 Å². The second-order valence-corrected chi connectivity index (χ2v) is 17.0. The van der Waals surface area contributed by atoms with E-state index in [-0.39, 0.29) is 79.8 Å². The van der Waals surface area contributed by atoms with Gasteiger partial charge in [-0.1, -0.05) is 23.7 Å². The van der Waals surface area contributed by atoms with E-state index in [4.69, 9.17) is 16.7 Å². The number of carbonyl (C=O) groups excluding carboxylic acids is 4. The molecule has 1 spiro atoms. The fourth-order valence-corrected chi connectivity index (χ4v) is 9.31. The summed E-state index contributed by atoms with van der Waals surface area (Å²) in [6.07, 6.45) is 3.94. The van der Waals surface area contributed by atoms with Gasteiger partial charge in [-0.3, -0.25) is 34.5 Å². The van der Waals surface area contributed by atoms with Gasteiger partial charge in [-0.05, 0) is 42.2 Å². The Morgan fingerprint density at radius 2 is 1.76 bits per heavy atom. The number of nitrogens with one attached hydrogen (secondary N) is 3. The number of hydrogen-bond donors (Lipinski definition) is 3. The average molecular weight is 887 g/mol. The fraction of sp³-hybridized carbons (Fsp3) is 0.381. The summed E-state index contributed by atoms with van der Waals surface area (Å²) < 4.78 is 62.9. The summed E-state index contributed by atoms with van der Waals surface area (Å²) in [5, 5.41) is 12.8. The molecule has 3 saturated heterocycles. The standard InChI is InChI=1S/C42H39ClF4N12O4/c1-48-29-14-34(54-59-33(17-51-37(29)59)38(61)52-28-12-26(28)44)57-8-5-23-24(3-2-4-31(23)57)36-27(45)11-22(15-50-36)18-55-19-41(20-55)7-10-56(21-42(41,46)47)39(62)30-13-32(25(43)16-49-30)58-9-6-35(60)53-40(58)63/h2-4,11,13-17,26,28,48H,5-10,12,18-21H2,1H3,(H,52,61)(H,53,60,63)/t26-,28+/m0/s1. The van der Waals surface area contributed by atoms with Gasteiger partial charge >= 0.3 is 6.03 Å². The second kappa shape index (κ2) is 15.1. The van der Waals surface area contributed by atoms with E-state index in [1.54, 1.807) is 25.4 Å². The molecule has 5 aliphatic rings. The molecule has 2 atom stereocenters. The predicted octanol–water partition coefficient (Wildman–Crippen LogP) is 4.98. The SMILES string of the molecule is CNc1cc(N2CCc3c(-c4ncc(CN5CC6(CCN(C(=O)c7cc(N8CCC(=O)NC8=O)c(Cl)cn7)CC6(F)F)C5)cc4F)cccc32)nn2c(C(=O)N[C@@H]3C[C@@H]3F)cnc12. The highest BCUT2D eigenvalue weighted by Crippen LogP contribution is 2.51. The van der Waals surface area contributed by atoms with Crippen molar-refractivity contribution in [2.45, 2.75) is 50.4 Å². The molecular weight excluding hydrogens is 848 g/mol. The Hall–Kier alpha value is -6.41. The Morgan fingerprint density at radius 1 is 0.968 bits per heavy atom. The number of fused-ring (bicyclic) bond motifs is 2. The molecule has 16 nitrogen and oxygen atoms in total.